The first-order valence-electron chi connectivity index (χ1n) is 5.80. The van der Waals surface area contributed by atoms with Gasteiger partial charge >= 0.3 is 0 Å². The fourth-order valence-corrected chi connectivity index (χ4v) is 2.86. The van der Waals surface area contributed by atoms with Crippen molar-refractivity contribution < 1.29 is 4.74 Å². The SMILES string of the molecule is Cc1cc(Oc2cc(Br)ccc2CBr)cc(C)c1Br. The maximum Gasteiger partial charge on any atom is 0.132 e. The Labute approximate surface area is 138 Å². The normalized spacial score (nSPS) is 10.6. The van der Waals surface area contributed by atoms with Crippen molar-refractivity contribution in [2.75, 3.05) is 0 Å². The van der Waals surface area contributed by atoms with E-state index in [-0.39, 0.29) is 0 Å². The van der Waals surface area contributed by atoms with Gasteiger partial charge in [-0.25, -0.2) is 0 Å². The van der Waals surface area contributed by atoms with Crippen LogP contribution in [-0.4, -0.2) is 0 Å². The minimum Gasteiger partial charge on any atom is -0.457 e. The van der Waals surface area contributed by atoms with Crippen molar-refractivity contribution >= 4 is 47.8 Å². The molecule has 0 heterocycles. The Bertz CT molecular complexity index is 585. The van der Waals surface area contributed by atoms with Crippen molar-refractivity contribution in [2.45, 2.75) is 19.2 Å². The largest absolute Gasteiger partial charge is 0.457 e. The number of alkyl halides is 1. The maximum absolute atomic E-state index is 6.02. The van der Waals surface area contributed by atoms with Crippen LogP contribution in [0.15, 0.2) is 39.3 Å². The molecule has 2 rings (SSSR count). The zero-order valence-corrected chi connectivity index (χ0v) is 15.4. The summed E-state index contributed by atoms with van der Waals surface area (Å²) >= 11 is 10.5. The number of hydrogen-bond donors (Lipinski definition) is 0. The van der Waals surface area contributed by atoms with Crippen LogP contribution < -0.4 is 4.74 Å². The first kappa shape index (κ1) is 15.1. The molecule has 0 aliphatic rings. The lowest BCUT2D eigenvalue weighted by Gasteiger charge is -2.12. The van der Waals surface area contributed by atoms with Crippen molar-refractivity contribution in [1.29, 1.82) is 0 Å². The van der Waals surface area contributed by atoms with E-state index in [1.165, 1.54) is 11.1 Å². The molecule has 0 aliphatic heterocycles. The molecule has 0 fully saturated rings. The number of benzene rings is 2. The lowest BCUT2D eigenvalue weighted by atomic mass is 10.1. The summed E-state index contributed by atoms with van der Waals surface area (Å²) in [7, 11) is 0. The van der Waals surface area contributed by atoms with E-state index < -0.39 is 0 Å². The molecule has 0 radical (unpaired) electrons. The molecule has 0 amide bonds. The van der Waals surface area contributed by atoms with Crippen LogP contribution in [0.2, 0.25) is 0 Å². The quantitative estimate of drug-likeness (QED) is 0.486. The first-order chi connectivity index (χ1) is 9.01. The minimum absolute atomic E-state index is 0.768. The van der Waals surface area contributed by atoms with Gasteiger partial charge in [-0.3, -0.25) is 0 Å². The van der Waals surface area contributed by atoms with Crippen LogP contribution in [0.5, 0.6) is 11.5 Å². The highest BCUT2D eigenvalue weighted by atomic mass is 79.9. The average molecular weight is 449 g/mol. The van der Waals surface area contributed by atoms with Crippen molar-refractivity contribution in [3.63, 3.8) is 0 Å². The lowest BCUT2D eigenvalue weighted by molar-refractivity contribution is 0.477. The van der Waals surface area contributed by atoms with Gasteiger partial charge < -0.3 is 4.74 Å². The molecule has 0 saturated heterocycles. The van der Waals surface area contributed by atoms with Crippen molar-refractivity contribution in [1.82, 2.24) is 0 Å². The van der Waals surface area contributed by atoms with E-state index in [1.54, 1.807) is 0 Å². The zero-order chi connectivity index (χ0) is 14.0. The highest BCUT2D eigenvalue weighted by Crippen LogP contribution is 2.33. The number of halogens is 3. The molecule has 0 N–H and O–H groups in total. The molecule has 0 bridgehead atoms. The lowest BCUT2D eigenvalue weighted by Crippen LogP contribution is -1.92. The molecular weight excluding hydrogens is 436 g/mol. The van der Waals surface area contributed by atoms with Gasteiger partial charge in [0.15, 0.2) is 0 Å². The highest BCUT2D eigenvalue weighted by molar-refractivity contribution is 9.10. The number of ether oxygens (including phenoxy) is 1. The molecular formula is C15H13Br3O. The Morgan fingerprint density at radius 1 is 1.00 bits per heavy atom. The second-order valence-electron chi connectivity index (χ2n) is 4.36. The molecule has 0 atom stereocenters. The van der Waals surface area contributed by atoms with E-state index >= 15 is 0 Å². The smallest absolute Gasteiger partial charge is 0.132 e. The Morgan fingerprint density at radius 2 is 1.63 bits per heavy atom. The number of rotatable bonds is 3. The summed E-state index contributed by atoms with van der Waals surface area (Å²) in [5.41, 5.74) is 3.47. The summed E-state index contributed by atoms with van der Waals surface area (Å²) in [6.07, 6.45) is 0. The third kappa shape index (κ3) is 3.61. The summed E-state index contributed by atoms with van der Waals surface area (Å²) in [4.78, 5) is 0. The molecule has 2 aromatic rings. The summed E-state index contributed by atoms with van der Waals surface area (Å²) < 4.78 is 8.16. The molecule has 0 spiro atoms. The highest BCUT2D eigenvalue weighted by Gasteiger charge is 2.08. The standard InChI is InChI=1S/C15H13Br3O/c1-9-5-13(6-10(2)15(9)18)19-14-7-12(17)4-3-11(14)8-16/h3-7H,8H2,1-2H3. The van der Waals surface area contributed by atoms with Crippen LogP contribution in [0.1, 0.15) is 16.7 Å². The molecule has 0 aromatic heterocycles. The second-order valence-corrected chi connectivity index (χ2v) is 6.63. The van der Waals surface area contributed by atoms with Gasteiger partial charge in [-0.05, 0) is 49.2 Å². The van der Waals surface area contributed by atoms with Gasteiger partial charge in [0.1, 0.15) is 11.5 Å². The third-order valence-corrected chi connectivity index (χ3v) is 5.16. The fraction of sp³-hybridized carbons (Fsp3) is 0.200. The molecule has 0 saturated carbocycles. The van der Waals surface area contributed by atoms with Gasteiger partial charge in [-0.15, -0.1) is 0 Å². The summed E-state index contributed by atoms with van der Waals surface area (Å²) in [5, 5.41) is 0.768. The van der Waals surface area contributed by atoms with E-state index in [4.69, 9.17) is 4.74 Å². The van der Waals surface area contributed by atoms with Crippen molar-refractivity contribution in [3.05, 3.63) is 56.0 Å². The molecule has 0 aliphatic carbocycles. The number of hydrogen-bond acceptors (Lipinski definition) is 1. The minimum atomic E-state index is 0.768. The van der Waals surface area contributed by atoms with Gasteiger partial charge in [0.25, 0.3) is 0 Å². The Balaban J connectivity index is 2.38. The van der Waals surface area contributed by atoms with Crippen LogP contribution in [0, 0.1) is 13.8 Å². The Morgan fingerprint density at radius 3 is 2.21 bits per heavy atom. The molecule has 100 valence electrons. The average Bonchev–Trinajstić information content (AvgIpc) is 2.36. The second kappa shape index (κ2) is 6.42. The van der Waals surface area contributed by atoms with Crippen molar-refractivity contribution in [2.24, 2.45) is 0 Å². The van der Waals surface area contributed by atoms with Crippen LogP contribution in [-0.2, 0) is 5.33 Å². The van der Waals surface area contributed by atoms with Gasteiger partial charge in [0.2, 0.25) is 0 Å². The number of aryl methyl sites for hydroxylation is 2. The Hall–Kier alpha value is -0.320. The summed E-state index contributed by atoms with van der Waals surface area (Å²) in [6.45, 7) is 4.13. The van der Waals surface area contributed by atoms with Gasteiger partial charge in [-0.1, -0.05) is 53.9 Å². The van der Waals surface area contributed by atoms with Gasteiger partial charge in [-0.2, -0.15) is 0 Å². The summed E-state index contributed by atoms with van der Waals surface area (Å²) in [6, 6.07) is 10.1. The third-order valence-electron chi connectivity index (χ3n) is 2.81. The molecule has 0 unspecified atom stereocenters. The Kier molecular flexibility index (Phi) is 5.09. The van der Waals surface area contributed by atoms with Crippen LogP contribution in [0.4, 0.5) is 0 Å². The molecule has 2 aromatic carbocycles. The van der Waals surface area contributed by atoms with Crippen LogP contribution >= 0.6 is 47.8 Å². The molecule has 1 nitrogen and oxygen atoms in total. The van der Waals surface area contributed by atoms with E-state index in [0.717, 1.165) is 31.3 Å². The zero-order valence-electron chi connectivity index (χ0n) is 10.6. The van der Waals surface area contributed by atoms with Crippen molar-refractivity contribution in [3.8, 4) is 11.5 Å². The first-order valence-corrected chi connectivity index (χ1v) is 8.51. The summed E-state index contributed by atoms with van der Waals surface area (Å²) in [5.74, 6) is 1.73. The van der Waals surface area contributed by atoms with Crippen LogP contribution in [0.25, 0.3) is 0 Å². The van der Waals surface area contributed by atoms with Gasteiger partial charge in [0.05, 0.1) is 0 Å². The van der Waals surface area contributed by atoms with E-state index in [2.05, 4.69) is 61.6 Å². The molecule has 4 heteroatoms. The fourth-order valence-electron chi connectivity index (χ4n) is 1.83. The predicted octanol–water partition coefficient (Wildman–Crippen LogP) is 6.52. The van der Waals surface area contributed by atoms with E-state index in [9.17, 15) is 0 Å². The topological polar surface area (TPSA) is 9.23 Å². The van der Waals surface area contributed by atoms with E-state index in [0.29, 0.717) is 0 Å². The monoisotopic (exact) mass is 446 g/mol. The predicted molar refractivity (Wildman–Crippen MR) is 90.5 cm³/mol. The maximum atomic E-state index is 6.02. The van der Waals surface area contributed by atoms with E-state index in [1.807, 2.05) is 30.3 Å². The molecule has 19 heavy (non-hydrogen) atoms. The van der Waals surface area contributed by atoms with Gasteiger partial charge in [0, 0.05) is 19.8 Å². The van der Waals surface area contributed by atoms with Crippen LogP contribution in [0.3, 0.4) is 0 Å².